The van der Waals surface area contributed by atoms with E-state index in [0.29, 0.717) is 29.9 Å². The zero-order valence-electron chi connectivity index (χ0n) is 12.8. The van der Waals surface area contributed by atoms with E-state index in [-0.39, 0.29) is 23.8 Å². The van der Waals surface area contributed by atoms with Crippen molar-refractivity contribution < 1.29 is 31.9 Å². The van der Waals surface area contributed by atoms with Crippen molar-refractivity contribution in [2.75, 3.05) is 4.90 Å². The van der Waals surface area contributed by atoms with Crippen molar-refractivity contribution in [2.45, 2.75) is 25.4 Å². The number of fused-ring (bicyclic) bond motifs is 2. The number of halogens is 4. The van der Waals surface area contributed by atoms with Crippen LogP contribution in [-0.2, 0) is 20.6 Å². The van der Waals surface area contributed by atoms with Crippen LogP contribution in [0.15, 0.2) is 18.2 Å². The monoisotopic (exact) mass is 355 g/mol. The quantitative estimate of drug-likeness (QED) is 0.575. The highest BCUT2D eigenvalue weighted by atomic mass is 19.4. The van der Waals surface area contributed by atoms with Crippen molar-refractivity contribution in [3.63, 3.8) is 0 Å². The lowest BCUT2D eigenvalue weighted by atomic mass is 9.59. The van der Waals surface area contributed by atoms with Gasteiger partial charge in [0.2, 0.25) is 11.8 Å². The van der Waals surface area contributed by atoms with Crippen LogP contribution in [0.5, 0.6) is 0 Å². The van der Waals surface area contributed by atoms with Crippen molar-refractivity contribution in [3.8, 4) is 0 Å². The Balaban J connectivity index is 1.76. The van der Waals surface area contributed by atoms with Crippen LogP contribution in [0, 0.1) is 29.5 Å². The van der Waals surface area contributed by atoms with Gasteiger partial charge in [0.15, 0.2) is 0 Å². The molecule has 8 heteroatoms. The molecule has 1 aromatic rings. The minimum Gasteiger partial charge on any atom is -0.299 e. The third-order valence-corrected chi connectivity index (χ3v) is 5.58. The minimum atomic E-state index is -4.94. The van der Waals surface area contributed by atoms with E-state index in [4.69, 9.17) is 0 Å². The molecule has 0 spiro atoms. The molecule has 0 N–H and O–H groups in total. The first-order valence-corrected chi connectivity index (χ1v) is 7.97. The molecular weight excluding hydrogens is 342 g/mol. The second-order valence-electron chi connectivity index (χ2n) is 6.84. The van der Waals surface area contributed by atoms with Crippen LogP contribution in [0.3, 0.4) is 0 Å². The number of amides is 2. The lowest BCUT2D eigenvalue weighted by Crippen LogP contribution is -2.46. The zero-order chi connectivity index (χ0) is 18.1. The Morgan fingerprint density at radius 1 is 1.00 bits per heavy atom. The molecule has 1 saturated heterocycles. The van der Waals surface area contributed by atoms with Gasteiger partial charge in [-0.3, -0.25) is 19.3 Å². The third-order valence-electron chi connectivity index (χ3n) is 5.58. The molecular formula is C17H13F4NO3. The number of Topliss-reactive ketones (excluding diaryl/α,β-unsaturated/α-hetero) is 1. The molecule has 2 amide bonds. The fourth-order valence-corrected chi connectivity index (χ4v) is 4.51. The maximum Gasteiger partial charge on any atom is 0.419 e. The molecule has 4 aliphatic rings. The lowest BCUT2D eigenvalue weighted by Gasteiger charge is -2.41. The van der Waals surface area contributed by atoms with Crippen molar-refractivity contribution >= 4 is 23.3 Å². The highest BCUT2D eigenvalue weighted by Crippen LogP contribution is 2.52. The summed E-state index contributed by atoms with van der Waals surface area (Å²) < 4.78 is 52.2. The summed E-state index contributed by atoms with van der Waals surface area (Å²) in [6, 6.07) is 2.06. The van der Waals surface area contributed by atoms with E-state index in [0.717, 1.165) is 6.07 Å². The Bertz CT molecular complexity index is 804. The van der Waals surface area contributed by atoms with Crippen LogP contribution >= 0.6 is 0 Å². The van der Waals surface area contributed by atoms with Crippen LogP contribution in [0.4, 0.5) is 23.2 Å². The fourth-order valence-electron chi connectivity index (χ4n) is 4.51. The lowest BCUT2D eigenvalue weighted by molar-refractivity contribution is -0.143. The van der Waals surface area contributed by atoms with Gasteiger partial charge < -0.3 is 0 Å². The number of imide groups is 1. The molecule has 1 aromatic carbocycles. The molecule has 4 fully saturated rings. The zero-order valence-corrected chi connectivity index (χ0v) is 12.8. The summed E-state index contributed by atoms with van der Waals surface area (Å²) in [6.45, 7) is 0. The molecule has 4 unspecified atom stereocenters. The Morgan fingerprint density at radius 2 is 1.68 bits per heavy atom. The molecule has 5 rings (SSSR count). The van der Waals surface area contributed by atoms with E-state index in [1.54, 1.807) is 0 Å². The van der Waals surface area contributed by atoms with Crippen LogP contribution in [-0.4, -0.2) is 17.6 Å². The fraction of sp³-hybridized carbons (Fsp3) is 0.471. The molecule has 0 radical (unpaired) electrons. The number of carbonyl (C=O) groups is 3. The number of carbonyl (C=O) groups excluding carboxylic acids is 3. The number of benzene rings is 1. The van der Waals surface area contributed by atoms with Crippen LogP contribution in [0.2, 0.25) is 0 Å². The Hall–Kier alpha value is -2.25. The molecule has 1 heterocycles. The van der Waals surface area contributed by atoms with Crippen molar-refractivity contribution in [1.82, 2.24) is 0 Å². The summed E-state index contributed by atoms with van der Waals surface area (Å²) in [5.41, 5.74) is -1.83. The van der Waals surface area contributed by atoms with Gasteiger partial charge in [-0.25, -0.2) is 4.39 Å². The second-order valence-corrected chi connectivity index (χ2v) is 6.84. The summed E-state index contributed by atoms with van der Waals surface area (Å²) in [5, 5.41) is 0. The average molecular weight is 355 g/mol. The smallest absolute Gasteiger partial charge is 0.299 e. The normalized spacial score (nSPS) is 31.7. The standard InChI is InChI=1S/C17H13F4NO3/c18-11-4-2-8(6-10(11)17(19,20)21)22-15(24)13-7-1-3-9(12(23)5-7)14(13)16(22)25/h2,4,6-7,9,13-14H,1,3,5H2. The summed E-state index contributed by atoms with van der Waals surface area (Å²) in [4.78, 5) is 38.2. The number of rotatable bonds is 1. The maximum atomic E-state index is 13.5. The summed E-state index contributed by atoms with van der Waals surface area (Å²) in [6.07, 6.45) is -3.53. The van der Waals surface area contributed by atoms with Crippen LogP contribution in [0.25, 0.3) is 0 Å². The van der Waals surface area contributed by atoms with Crippen molar-refractivity contribution in [2.24, 2.45) is 23.7 Å². The number of anilines is 1. The van der Waals surface area contributed by atoms with Crippen LogP contribution in [0.1, 0.15) is 24.8 Å². The molecule has 1 aliphatic heterocycles. The van der Waals surface area contributed by atoms with Gasteiger partial charge in [0.1, 0.15) is 11.6 Å². The highest BCUT2D eigenvalue weighted by Gasteiger charge is 2.61. The maximum absolute atomic E-state index is 13.5. The number of ketones is 1. The van der Waals surface area contributed by atoms with E-state index < -0.39 is 47.1 Å². The minimum absolute atomic E-state index is 0.0596. The number of nitrogens with zero attached hydrogens (tertiary/aromatic N) is 1. The van der Waals surface area contributed by atoms with Gasteiger partial charge >= 0.3 is 6.18 Å². The van der Waals surface area contributed by atoms with E-state index in [9.17, 15) is 31.9 Å². The molecule has 132 valence electrons. The van der Waals surface area contributed by atoms with E-state index in [2.05, 4.69) is 0 Å². The van der Waals surface area contributed by atoms with Gasteiger partial charge in [-0.1, -0.05) is 0 Å². The van der Waals surface area contributed by atoms with Gasteiger partial charge in [-0.15, -0.1) is 0 Å². The second kappa shape index (κ2) is 5.12. The Morgan fingerprint density at radius 3 is 2.32 bits per heavy atom. The summed E-state index contributed by atoms with van der Waals surface area (Å²) >= 11 is 0. The third kappa shape index (κ3) is 2.22. The van der Waals surface area contributed by atoms with E-state index in [1.165, 1.54) is 0 Å². The predicted octanol–water partition coefficient (Wildman–Crippen LogP) is 2.95. The number of hydrogen-bond acceptors (Lipinski definition) is 3. The largest absolute Gasteiger partial charge is 0.419 e. The first-order chi connectivity index (χ1) is 11.7. The predicted molar refractivity (Wildman–Crippen MR) is 76.7 cm³/mol. The average Bonchev–Trinajstić information content (AvgIpc) is 2.81. The van der Waals surface area contributed by atoms with Crippen molar-refractivity contribution in [3.05, 3.63) is 29.6 Å². The van der Waals surface area contributed by atoms with Gasteiger partial charge in [0.25, 0.3) is 0 Å². The molecule has 4 nitrogen and oxygen atoms in total. The molecule has 0 aromatic heterocycles. The Labute approximate surface area is 139 Å². The van der Waals surface area contributed by atoms with Crippen molar-refractivity contribution in [1.29, 1.82) is 0 Å². The SMILES string of the molecule is O=C1CC2CCC1C1C(=O)N(c3ccc(F)c(C(F)(F)F)c3)C(=O)C21. The summed E-state index contributed by atoms with van der Waals surface area (Å²) in [5.74, 6) is -5.02. The molecule has 3 saturated carbocycles. The first-order valence-electron chi connectivity index (χ1n) is 7.97. The molecule has 2 bridgehead atoms. The van der Waals surface area contributed by atoms with Gasteiger partial charge in [-0.2, -0.15) is 13.2 Å². The first kappa shape index (κ1) is 16.2. The van der Waals surface area contributed by atoms with Gasteiger partial charge in [-0.05, 0) is 37.0 Å². The molecule has 3 aliphatic carbocycles. The Kier molecular flexibility index (Phi) is 3.33. The molecule has 4 atom stereocenters. The number of alkyl halides is 3. The van der Waals surface area contributed by atoms with Crippen LogP contribution < -0.4 is 4.90 Å². The molecule has 25 heavy (non-hydrogen) atoms. The van der Waals surface area contributed by atoms with E-state index >= 15 is 0 Å². The summed E-state index contributed by atoms with van der Waals surface area (Å²) in [7, 11) is 0. The number of hydrogen-bond donors (Lipinski definition) is 0. The van der Waals surface area contributed by atoms with Gasteiger partial charge in [0.05, 0.1) is 23.1 Å². The van der Waals surface area contributed by atoms with E-state index in [1.807, 2.05) is 0 Å². The topological polar surface area (TPSA) is 54.5 Å². The van der Waals surface area contributed by atoms with Gasteiger partial charge in [0, 0.05) is 12.3 Å². The highest BCUT2D eigenvalue weighted by molar-refractivity contribution is 6.23.